The van der Waals surface area contributed by atoms with E-state index in [-0.39, 0.29) is 51.6 Å². The highest BCUT2D eigenvalue weighted by Crippen LogP contribution is 2.30. The van der Waals surface area contributed by atoms with Gasteiger partial charge < -0.3 is 14.2 Å². The first-order chi connectivity index (χ1) is 15.4. The molecule has 1 aromatic carbocycles. The summed E-state index contributed by atoms with van der Waals surface area (Å²) in [5.74, 6) is -2.04. The van der Waals surface area contributed by atoms with Gasteiger partial charge in [0.15, 0.2) is 0 Å². The van der Waals surface area contributed by atoms with E-state index in [2.05, 4.69) is 0 Å². The molecule has 0 aliphatic carbocycles. The van der Waals surface area contributed by atoms with Gasteiger partial charge in [-0.05, 0) is 19.9 Å². The SMILES string of the molecule is CCOC(=O)C=C(COc1cc(-n2c(=O)cc(C(F)(F)F)n(C)c2=O)c(F)cc1Cl)OCC. The molecule has 180 valence electrons. The molecule has 33 heavy (non-hydrogen) atoms. The van der Waals surface area contributed by atoms with E-state index in [1.165, 1.54) is 0 Å². The Kier molecular flexibility index (Phi) is 8.31. The van der Waals surface area contributed by atoms with Gasteiger partial charge in [0.05, 0.1) is 30.0 Å². The summed E-state index contributed by atoms with van der Waals surface area (Å²) in [6, 6.07) is 1.78. The standard InChI is InChI=1S/C20H19ClF4N2O6/c1-4-31-11(6-18(29)32-5-2)10-33-15-8-14(13(22)7-12(15)21)27-17(28)9-16(20(23,24)25)26(3)19(27)30/h6-9H,4-5,10H2,1-3H3. The van der Waals surface area contributed by atoms with Gasteiger partial charge >= 0.3 is 17.8 Å². The molecular weight excluding hydrogens is 476 g/mol. The molecule has 0 aliphatic rings. The van der Waals surface area contributed by atoms with Crippen LogP contribution in [-0.2, 0) is 27.5 Å². The van der Waals surface area contributed by atoms with Crippen LogP contribution in [0, 0.1) is 5.82 Å². The fourth-order valence-corrected chi connectivity index (χ4v) is 2.90. The molecule has 0 saturated carbocycles. The molecule has 1 heterocycles. The molecule has 0 N–H and O–H groups in total. The number of ether oxygens (including phenoxy) is 3. The van der Waals surface area contributed by atoms with Gasteiger partial charge in [-0.25, -0.2) is 18.5 Å². The second-order valence-electron chi connectivity index (χ2n) is 6.36. The topological polar surface area (TPSA) is 88.8 Å². The Morgan fingerprint density at radius 3 is 2.33 bits per heavy atom. The number of carbonyl (C=O) groups is 1. The highest BCUT2D eigenvalue weighted by Gasteiger charge is 2.35. The Morgan fingerprint density at radius 1 is 1.12 bits per heavy atom. The number of alkyl halides is 3. The van der Waals surface area contributed by atoms with Crippen LogP contribution in [-0.4, -0.2) is 34.9 Å². The third kappa shape index (κ3) is 6.15. The van der Waals surface area contributed by atoms with Crippen molar-refractivity contribution in [3.63, 3.8) is 0 Å². The lowest BCUT2D eigenvalue weighted by atomic mass is 10.2. The normalized spacial score (nSPS) is 11.9. The van der Waals surface area contributed by atoms with E-state index >= 15 is 0 Å². The zero-order chi connectivity index (χ0) is 24.9. The smallest absolute Gasteiger partial charge is 0.431 e. The van der Waals surface area contributed by atoms with Crippen LogP contribution in [0.25, 0.3) is 5.69 Å². The predicted octanol–water partition coefficient (Wildman–Crippen LogP) is 3.21. The summed E-state index contributed by atoms with van der Waals surface area (Å²) in [4.78, 5) is 36.3. The minimum Gasteiger partial charge on any atom is -0.494 e. The van der Waals surface area contributed by atoms with Crippen LogP contribution < -0.4 is 16.0 Å². The van der Waals surface area contributed by atoms with Crippen molar-refractivity contribution in [1.82, 2.24) is 9.13 Å². The van der Waals surface area contributed by atoms with Gasteiger partial charge in [-0.2, -0.15) is 13.2 Å². The summed E-state index contributed by atoms with van der Waals surface area (Å²) in [5.41, 5.74) is -5.01. The molecule has 2 aromatic rings. The van der Waals surface area contributed by atoms with E-state index < -0.39 is 40.6 Å². The zero-order valence-electron chi connectivity index (χ0n) is 17.7. The summed E-state index contributed by atoms with van der Waals surface area (Å²) in [6.45, 7) is 3.19. The number of benzene rings is 1. The predicted molar refractivity (Wildman–Crippen MR) is 109 cm³/mol. The fourth-order valence-electron chi connectivity index (χ4n) is 2.69. The second-order valence-corrected chi connectivity index (χ2v) is 6.77. The Balaban J connectivity index is 2.50. The molecule has 0 atom stereocenters. The first-order valence-corrected chi connectivity index (χ1v) is 9.81. The third-order valence-corrected chi connectivity index (χ3v) is 4.41. The molecule has 0 aliphatic heterocycles. The van der Waals surface area contributed by atoms with Gasteiger partial charge in [-0.15, -0.1) is 0 Å². The molecule has 2 rings (SSSR count). The highest BCUT2D eigenvalue weighted by atomic mass is 35.5. The number of carbonyl (C=O) groups excluding carboxylic acids is 1. The minimum atomic E-state index is -4.97. The van der Waals surface area contributed by atoms with Crippen molar-refractivity contribution in [2.24, 2.45) is 7.05 Å². The summed E-state index contributed by atoms with van der Waals surface area (Å²) < 4.78 is 69.5. The van der Waals surface area contributed by atoms with E-state index in [9.17, 15) is 31.9 Å². The summed E-state index contributed by atoms with van der Waals surface area (Å²) in [6.07, 6.45) is -3.94. The Hall–Kier alpha value is -3.28. The van der Waals surface area contributed by atoms with Crippen LogP contribution >= 0.6 is 11.6 Å². The maximum atomic E-state index is 14.6. The van der Waals surface area contributed by atoms with E-state index in [1.807, 2.05) is 0 Å². The van der Waals surface area contributed by atoms with E-state index in [4.69, 9.17) is 25.8 Å². The monoisotopic (exact) mass is 494 g/mol. The molecule has 8 nitrogen and oxygen atoms in total. The van der Waals surface area contributed by atoms with Crippen LogP contribution in [0.3, 0.4) is 0 Å². The molecule has 0 spiro atoms. The Bertz CT molecular complexity index is 1190. The quantitative estimate of drug-likeness (QED) is 0.242. The second kappa shape index (κ2) is 10.6. The van der Waals surface area contributed by atoms with Gasteiger partial charge in [-0.3, -0.25) is 9.36 Å². The summed E-state index contributed by atoms with van der Waals surface area (Å²) in [5, 5.41) is -0.264. The van der Waals surface area contributed by atoms with Gasteiger partial charge in [0.25, 0.3) is 5.56 Å². The minimum absolute atomic E-state index is 0.0421. The van der Waals surface area contributed by atoms with Gasteiger partial charge in [0.1, 0.15) is 29.6 Å². The first kappa shape index (κ1) is 26.0. The third-order valence-electron chi connectivity index (χ3n) is 4.12. The van der Waals surface area contributed by atoms with Crippen LogP contribution in [0.4, 0.5) is 17.6 Å². The molecular formula is C20H19ClF4N2O6. The average Bonchev–Trinajstić information content (AvgIpc) is 2.70. The van der Waals surface area contributed by atoms with Crippen molar-refractivity contribution in [3.8, 4) is 11.4 Å². The maximum Gasteiger partial charge on any atom is 0.431 e. The van der Waals surface area contributed by atoms with Crippen molar-refractivity contribution in [2.45, 2.75) is 20.0 Å². The van der Waals surface area contributed by atoms with E-state index in [0.717, 1.165) is 25.3 Å². The average molecular weight is 495 g/mol. The number of rotatable bonds is 8. The van der Waals surface area contributed by atoms with Crippen molar-refractivity contribution in [3.05, 3.63) is 67.4 Å². The summed E-state index contributed by atoms with van der Waals surface area (Å²) >= 11 is 5.96. The van der Waals surface area contributed by atoms with Crippen molar-refractivity contribution in [1.29, 1.82) is 0 Å². The molecule has 1 aromatic heterocycles. The fraction of sp³-hybridized carbons (Fsp3) is 0.350. The molecule has 0 unspecified atom stereocenters. The molecule has 0 fully saturated rings. The molecule has 0 radical (unpaired) electrons. The first-order valence-electron chi connectivity index (χ1n) is 9.43. The number of hydrogen-bond donors (Lipinski definition) is 0. The van der Waals surface area contributed by atoms with Gasteiger partial charge in [-0.1, -0.05) is 11.6 Å². The van der Waals surface area contributed by atoms with Crippen LogP contribution in [0.2, 0.25) is 5.02 Å². The lowest BCUT2D eigenvalue weighted by Gasteiger charge is -2.16. The van der Waals surface area contributed by atoms with Crippen LogP contribution in [0.5, 0.6) is 5.75 Å². The Morgan fingerprint density at radius 2 is 1.76 bits per heavy atom. The highest BCUT2D eigenvalue weighted by molar-refractivity contribution is 6.32. The number of esters is 1. The van der Waals surface area contributed by atoms with Gasteiger partial charge in [0.2, 0.25) is 0 Å². The van der Waals surface area contributed by atoms with Crippen molar-refractivity contribution < 1.29 is 36.6 Å². The lowest BCUT2D eigenvalue weighted by Crippen LogP contribution is -2.41. The van der Waals surface area contributed by atoms with Crippen molar-refractivity contribution >= 4 is 17.6 Å². The van der Waals surface area contributed by atoms with Crippen molar-refractivity contribution in [2.75, 3.05) is 19.8 Å². The lowest BCUT2D eigenvalue weighted by molar-refractivity contribution is -0.144. The maximum absolute atomic E-state index is 14.6. The van der Waals surface area contributed by atoms with E-state index in [0.29, 0.717) is 0 Å². The number of nitrogens with zero attached hydrogens (tertiary/aromatic N) is 2. The Labute approximate surface area is 189 Å². The zero-order valence-corrected chi connectivity index (χ0v) is 18.4. The van der Waals surface area contributed by atoms with Crippen LogP contribution in [0.15, 0.2) is 39.6 Å². The van der Waals surface area contributed by atoms with Gasteiger partial charge in [0, 0.05) is 19.2 Å². The summed E-state index contributed by atoms with van der Waals surface area (Å²) in [7, 11) is 0.793. The number of aromatic nitrogens is 2. The van der Waals surface area contributed by atoms with Crippen LogP contribution in [0.1, 0.15) is 19.5 Å². The molecule has 0 amide bonds. The molecule has 0 saturated heterocycles. The molecule has 13 heteroatoms. The number of hydrogen-bond acceptors (Lipinski definition) is 6. The number of halogens is 5. The largest absolute Gasteiger partial charge is 0.494 e. The molecule has 0 bridgehead atoms. The van der Waals surface area contributed by atoms with E-state index in [1.54, 1.807) is 13.8 Å².